The van der Waals surface area contributed by atoms with Crippen LogP contribution in [0.5, 0.6) is 11.5 Å². The summed E-state index contributed by atoms with van der Waals surface area (Å²) in [6, 6.07) is 15.7. The summed E-state index contributed by atoms with van der Waals surface area (Å²) in [7, 11) is 0. The standard InChI is InChI=1S/C28H33NO6/c1-2-33-28(31)26-21(17-32-16-19-9-5-3-6-10-19)25(27(30)29-13-7-4-8-14-29)24(26)20-11-12-22-23(15-20)35-18-34-22/h3,5-6,9-12,15,21,24-26H,2,4,7-8,13-14,16-18H2,1H3/t21-,24+,25-,26+/m1/s1. The lowest BCUT2D eigenvalue weighted by molar-refractivity contribution is -0.171. The first-order valence-corrected chi connectivity index (χ1v) is 12.6. The van der Waals surface area contributed by atoms with Crippen LogP contribution in [0, 0.1) is 17.8 Å². The number of nitrogens with zero attached hydrogens (tertiary/aromatic N) is 1. The Hall–Kier alpha value is -3.06. The fraction of sp³-hybridized carbons (Fsp3) is 0.500. The molecule has 2 fully saturated rings. The predicted molar refractivity (Wildman–Crippen MR) is 129 cm³/mol. The molecule has 186 valence electrons. The number of esters is 1. The number of hydrogen-bond donors (Lipinski definition) is 0. The van der Waals surface area contributed by atoms with Gasteiger partial charge in [0.05, 0.1) is 31.7 Å². The number of ether oxygens (including phenoxy) is 4. The first-order chi connectivity index (χ1) is 17.2. The lowest BCUT2D eigenvalue weighted by atomic mass is 9.54. The van der Waals surface area contributed by atoms with Crippen molar-refractivity contribution in [3.05, 3.63) is 59.7 Å². The number of carbonyl (C=O) groups excluding carboxylic acids is 2. The van der Waals surface area contributed by atoms with Gasteiger partial charge in [0.1, 0.15) is 0 Å². The van der Waals surface area contributed by atoms with E-state index in [-0.39, 0.29) is 36.4 Å². The van der Waals surface area contributed by atoms with E-state index in [2.05, 4.69) is 0 Å². The third-order valence-electron chi connectivity index (χ3n) is 7.41. The number of benzene rings is 2. The number of piperidine rings is 1. The summed E-state index contributed by atoms with van der Waals surface area (Å²) in [5, 5.41) is 0. The fourth-order valence-electron chi connectivity index (χ4n) is 5.69. The van der Waals surface area contributed by atoms with Crippen LogP contribution < -0.4 is 9.47 Å². The fourth-order valence-corrected chi connectivity index (χ4v) is 5.69. The number of carbonyl (C=O) groups is 2. The topological polar surface area (TPSA) is 74.3 Å². The molecule has 0 bridgehead atoms. The van der Waals surface area contributed by atoms with Crippen LogP contribution in [0.4, 0.5) is 0 Å². The summed E-state index contributed by atoms with van der Waals surface area (Å²) in [5.41, 5.74) is 1.97. The van der Waals surface area contributed by atoms with Crippen LogP contribution in [0.25, 0.3) is 0 Å². The summed E-state index contributed by atoms with van der Waals surface area (Å²) >= 11 is 0. The van der Waals surface area contributed by atoms with Crippen LogP contribution in [0.2, 0.25) is 0 Å². The Labute approximate surface area is 206 Å². The normalized spacial score (nSPS) is 25.1. The van der Waals surface area contributed by atoms with Crippen molar-refractivity contribution in [2.75, 3.05) is 33.1 Å². The Bertz CT molecular complexity index is 1030. The molecule has 0 aromatic heterocycles. The lowest BCUT2D eigenvalue weighted by Crippen LogP contribution is -2.58. The van der Waals surface area contributed by atoms with E-state index in [0.717, 1.165) is 43.5 Å². The first-order valence-electron chi connectivity index (χ1n) is 12.6. The summed E-state index contributed by atoms with van der Waals surface area (Å²) in [5.74, 6) is -0.165. The minimum Gasteiger partial charge on any atom is -0.466 e. The summed E-state index contributed by atoms with van der Waals surface area (Å²) in [4.78, 5) is 29.0. The third-order valence-corrected chi connectivity index (χ3v) is 7.41. The van der Waals surface area contributed by atoms with Crippen molar-refractivity contribution in [3.8, 4) is 11.5 Å². The van der Waals surface area contributed by atoms with Gasteiger partial charge >= 0.3 is 5.97 Å². The molecule has 4 atom stereocenters. The molecule has 2 heterocycles. The van der Waals surface area contributed by atoms with Crippen LogP contribution in [0.15, 0.2) is 48.5 Å². The van der Waals surface area contributed by atoms with Gasteiger partial charge in [0.2, 0.25) is 12.7 Å². The van der Waals surface area contributed by atoms with Crippen LogP contribution in [0.3, 0.4) is 0 Å². The molecule has 0 N–H and O–H groups in total. The maximum absolute atomic E-state index is 13.8. The maximum atomic E-state index is 13.8. The number of likely N-dealkylation sites (tertiary alicyclic amines) is 1. The van der Waals surface area contributed by atoms with E-state index in [4.69, 9.17) is 18.9 Å². The molecule has 3 aliphatic rings. The number of rotatable bonds is 8. The highest BCUT2D eigenvalue weighted by molar-refractivity contribution is 5.87. The Morgan fingerprint density at radius 2 is 1.74 bits per heavy atom. The lowest BCUT2D eigenvalue weighted by Gasteiger charge is -2.51. The zero-order chi connectivity index (χ0) is 24.2. The van der Waals surface area contributed by atoms with Crippen molar-refractivity contribution in [1.82, 2.24) is 4.90 Å². The average Bonchev–Trinajstić information content (AvgIpc) is 3.35. The van der Waals surface area contributed by atoms with Gasteiger partial charge in [-0.3, -0.25) is 9.59 Å². The second kappa shape index (κ2) is 10.7. The Morgan fingerprint density at radius 1 is 0.971 bits per heavy atom. The molecule has 0 unspecified atom stereocenters. The molecule has 2 aliphatic heterocycles. The van der Waals surface area contributed by atoms with Crippen LogP contribution in [-0.4, -0.2) is 49.9 Å². The average molecular weight is 480 g/mol. The summed E-state index contributed by atoms with van der Waals surface area (Å²) in [6.07, 6.45) is 3.18. The van der Waals surface area contributed by atoms with Gasteiger partial charge in [-0.05, 0) is 49.4 Å². The van der Waals surface area contributed by atoms with Gasteiger partial charge in [-0.1, -0.05) is 36.4 Å². The minimum absolute atomic E-state index is 0.112. The second-order valence-electron chi connectivity index (χ2n) is 9.49. The van der Waals surface area contributed by atoms with E-state index >= 15 is 0 Å². The van der Waals surface area contributed by atoms with Crippen LogP contribution >= 0.6 is 0 Å². The number of amides is 1. The summed E-state index contributed by atoms with van der Waals surface area (Å²) in [6.45, 7) is 4.58. The zero-order valence-electron chi connectivity index (χ0n) is 20.2. The zero-order valence-corrected chi connectivity index (χ0v) is 20.2. The van der Waals surface area contributed by atoms with E-state index in [1.807, 2.05) is 60.4 Å². The molecular weight excluding hydrogens is 446 g/mol. The Morgan fingerprint density at radius 3 is 2.51 bits per heavy atom. The quantitative estimate of drug-likeness (QED) is 0.530. The molecule has 0 spiro atoms. The molecule has 7 nitrogen and oxygen atoms in total. The van der Waals surface area contributed by atoms with Crippen molar-refractivity contribution in [1.29, 1.82) is 0 Å². The van der Waals surface area contributed by atoms with Crippen LogP contribution in [-0.2, 0) is 25.7 Å². The Balaban J connectivity index is 1.42. The van der Waals surface area contributed by atoms with Gasteiger partial charge in [0, 0.05) is 24.9 Å². The van der Waals surface area contributed by atoms with E-state index in [1.54, 1.807) is 0 Å². The van der Waals surface area contributed by atoms with Crippen LogP contribution in [0.1, 0.15) is 43.2 Å². The molecule has 2 aromatic rings. The van der Waals surface area contributed by atoms with Gasteiger partial charge < -0.3 is 23.8 Å². The number of hydrogen-bond acceptors (Lipinski definition) is 6. The molecule has 1 saturated carbocycles. The molecular formula is C28H33NO6. The largest absolute Gasteiger partial charge is 0.466 e. The van der Waals surface area contributed by atoms with Crippen molar-refractivity contribution >= 4 is 11.9 Å². The van der Waals surface area contributed by atoms with Gasteiger partial charge in [-0.15, -0.1) is 0 Å². The van der Waals surface area contributed by atoms with Crippen molar-refractivity contribution in [3.63, 3.8) is 0 Å². The van der Waals surface area contributed by atoms with E-state index in [0.29, 0.717) is 31.3 Å². The van der Waals surface area contributed by atoms with Crippen molar-refractivity contribution in [2.45, 2.75) is 38.7 Å². The van der Waals surface area contributed by atoms with Crippen molar-refractivity contribution < 1.29 is 28.5 Å². The van der Waals surface area contributed by atoms with Gasteiger partial charge in [-0.25, -0.2) is 0 Å². The highest BCUT2D eigenvalue weighted by atomic mass is 16.7. The Kier molecular flexibility index (Phi) is 7.23. The predicted octanol–water partition coefficient (Wildman–Crippen LogP) is 4.15. The van der Waals surface area contributed by atoms with Gasteiger partial charge in [0.15, 0.2) is 11.5 Å². The molecule has 1 saturated heterocycles. The van der Waals surface area contributed by atoms with E-state index in [9.17, 15) is 9.59 Å². The molecule has 35 heavy (non-hydrogen) atoms. The molecule has 1 aliphatic carbocycles. The van der Waals surface area contributed by atoms with Gasteiger partial charge in [-0.2, -0.15) is 0 Å². The van der Waals surface area contributed by atoms with E-state index < -0.39 is 5.92 Å². The van der Waals surface area contributed by atoms with Gasteiger partial charge in [0.25, 0.3) is 0 Å². The minimum atomic E-state index is -0.454. The highest BCUT2D eigenvalue weighted by Crippen LogP contribution is 2.55. The second-order valence-corrected chi connectivity index (χ2v) is 9.49. The molecule has 1 amide bonds. The molecule has 7 heteroatoms. The maximum Gasteiger partial charge on any atom is 0.309 e. The SMILES string of the molecule is CCOC(=O)[C@H]1[C@H](COCc2ccccc2)[C@@H](C(=O)N2CCCCC2)[C@@H]1c1ccc2c(c1)OCO2. The summed E-state index contributed by atoms with van der Waals surface area (Å²) < 4.78 is 22.6. The molecule has 2 aromatic carbocycles. The first kappa shape index (κ1) is 23.7. The third kappa shape index (κ3) is 4.87. The van der Waals surface area contributed by atoms with E-state index in [1.165, 1.54) is 0 Å². The highest BCUT2D eigenvalue weighted by Gasteiger charge is 2.59. The number of fused-ring (bicyclic) bond motifs is 1. The monoisotopic (exact) mass is 479 g/mol. The molecule has 5 rings (SSSR count). The smallest absolute Gasteiger partial charge is 0.309 e. The van der Waals surface area contributed by atoms with Crippen molar-refractivity contribution in [2.24, 2.45) is 17.8 Å². The molecule has 0 radical (unpaired) electrons.